The number of nitrogens with zero attached hydrogens (tertiary/aromatic N) is 6. The third kappa shape index (κ3) is 9.94. The van der Waals surface area contributed by atoms with Gasteiger partial charge in [0.2, 0.25) is 17.8 Å². The van der Waals surface area contributed by atoms with E-state index < -0.39 is 6.04 Å². The van der Waals surface area contributed by atoms with Crippen molar-refractivity contribution < 1.29 is 9.59 Å². The van der Waals surface area contributed by atoms with Gasteiger partial charge in [-0.3, -0.25) is 14.7 Å². The van der Waals surface area contributed by atoms with E-state index in [4.69, 9.17) is 5.26 Å². The number of hydrogen-bond donors (Lipinski definition) is 5. The van der Waals surface area contributed by atoms with Gasteiger partial charge >= 0.3 is 0 Å². The lowest BCUT2D eigenvalue weighted by molar-refractivity contribution is -0.135. The summed E-state index contributed by atoms with van der Waals surface area (Å²) in [5, 5.41) is 28.4. The first-order valence-electron chi connectivity index (χ1n) is 13.1. The molecule has 0 fully saturated rings. The van der Waals surface area contributed by atoms with E-state index in [9.17, 15) is 9.59 Å². The first-order valence-corrected chi connectivity index (χ1v) is 13.1. The van der Waals surface area contributed by atoms with Crippen LogP contribution in [0.5, 0.6) is 0 Å². The molecule has 0 aliphatic rings. The molecule has 1 atom stereocenters. The van der Waals surface area contributed by atoms with Gasteiger partial charge in [0.15, 0.2) is 5.82 Å². The van der Waals surface area contributed by atoms with Gasteiger partial charge in [-0.1, -0.05) is 18.2 Å². The molecule has 13 heteroatoms. The Balaban J connectivity index is 1.61. The van der Waals surface area contributed by atoms with Crippen LogP contribution in [0, 0.1) is 18.3 Å². The second kappa shape index (κ2) is 15.0. The van der Waals surface area contributed by atoms with E-state index in [1.807, 2.05) is 56.3 Å². The number of nitriles is 1. The van der Waals surface area contributed by atoms with Crippen LogP contribution >= 0.6 is 0 Å². The van der Waals surface area contributed by atoms with E-state index >= 15 is 0 Å². The minimum atomic E-state index is -0.631. The number of amides is 2. The molecule has 3 aromatic rings. The number of hydrogen-bond acceptors (Lipinski definition) is 10. The molecule has 0 saturated heterocycles. The van der Waals surface area contributed by atoms with Crippen molar-refractivity contribution in [2.45, 2.75) is 26.3 Å². The third-order valence-corrected chi connectivity index (χ3v) is 5.95. The zero-order valence-electron chi connectivity index (χ0n) is 24.0. The van der Waals surface area contributed by atoms with E-state index in [-0.39, 0.29) is 11.8 Å². The van der Waals surface area contributed by atoms with Crippen LogP contribution in [0.1, 0.15) is 18.2 Å². The van der Waals surface area contributed by atoms with E-state index in [0.29, 0.717) is 49.5 Å². The minimum Gasteiger partial charge on any atom is -0.368 e. The van der Waals surface area contributed by atoms with Crippen LogP contribution in [0.4, 0.5) is 29.1 Å². The zero-order valence-corrected chi connectivity index (χ0v) is 24.0. The highest BCUT2D eigenvalue weighted by Crippen LogP contribution is 2.21. The van der Waals surface area contributed by atoms with Crippen LogP contribution in [-0.4, -0.2) is 88.6 Å². The fraction of sp³-hybridized carbons (Fsp3) is 0.357. The minimum absolute atomic E-state index is 0.236. The fourth-order valence-corrected chi connectivity index (χ4v) is 3.57. The Bertz CT molecular complexity index is 1380. The predicted octanol–water partition coefficient (Wildman–Crippen LogP) is 2.55. The molecular weight excluding hydrogens is 522 g/mol. The molecule has 216 valence electrons. The lowest BCUT2D eigenvalue weighted by Crippen LogP contribution is -2.46. The first kappa shape index (κ1) is 30.6. The summed E-state index contributed by atoms with van der Waals surface area (Å²) < 4.78 is 0. The molecule has 2 aromatic heterocycles. The number of aromatic nitrogens is 4. The Kier molecular flexibility index (Phi) is 11.2. The molecule has 1 unspecified atom stereocenters. The van der Waals surface area contributed by atoms with Crippen molar-refractivity contribution in [1.82, 2.24) is 35.3 Å². The number of H-pyrrole nitrogens is 1. The second-order valence-corrected chi connectivity index (χ2v) is 9.69. The summed E-state index contributed by atoms with van der Waals surface area (Å²) in [4.78, 5) is 37.4. The Hall–Kier alpha value is -4.96. The standard InChI is InChI=1S/C28H37N11O2/c1-19-17-25(37-36-19)33-24-18-23(34-28(35-24)32-22-10-8-21(9-11-22)12-13-29)30-14-15-31-27(41)20(2)39(5)26(40)7-6-16-38(3)4/h6-11,17-18,20H,12,14-16H2,1-5H3,(H,31,41)(H4,30,32,33,34,35,36,37)/b7-6+. The largest absolute Gasteiger partial charge is 0.368 e. The molecule has 0 radical (unpaired) electrons. The maximum Gasteiger partial charge on any atom is 0.246 e. The Labute approximate surface area is 240 Å². The highest BCUT2D eigenvalue weighted by Gasteiger charge is 2.20. The van der Waals surface area contributed by atoms with Crippen LogP contribution in [0.25, 0.3) is 0 Å². The van der Waals surface area contributed by atoms with Gasteiger partial charge in [0.1, 0.15) is 17.7 Å². The van der Waals surface area contributed by atoms with Gasteiger partial charge in [0, 0.05) is 56.3 Å². The lowest BCUT2D eigenvalue weighted by atomic mass is 10.1. The summed E-state index contributed by atoms with van der Waals surface area (Å²) >= 11 is 0. The normalized spacial score (nSPS) is 11.6. The fourth-order valence-electron chi connectivity index (χ4n) is 3.57. The first-order chi connectivity index (χ1) is 19.6. The van der Waals surface area contributed by atoms with E-state index in [0.717, 1.165) is 16.9 Å². The van der Waals surface area contributed by atoms with Crippen LogP contribution in [0.15, 0.2) is 48.6 Å². The van der Waals surface area contributed by atoms with Gasteiger partial charge in [-0.25, -0.2) is 0 Å². The molecule has 41 heavy (non-hydrogen) atoms. The van der Waals surface area contributed by atoms with Gasteiger partial charge in [-0.2, -0.15) is 20.3 Å². The molecule has 0 aliphatic carbocycles. The molecule has 13 nitrogen and oxygen atoms in total. The summed E-state index contributed by atoms with van der Waals surface area (Å²) in [6, 6.07) is 12.5. The van der Waals surface area contributed by atoms with Gasteiger partial charge in [-0.05, 0) is 45.6 Å². The molecule has 5 N–H and O–H groups in total. The van der Waals surface area contributed by atoms with Gasteiger partial charge in [0.05, 0.1) is 12.5 Å². The summed E-state index contributed by atoms with van der Waals surface area (Å²) in [5.74, 6) is 1.50. The third-order valence-electron chi connectivity index (χ3n) is 5.95. The predicted molar refractivity (Wildman–Crippen MR) is 159 cm³/mol. The molecule has 0 bridgehead atoms. The number of benzene rings is 1. The van der Waals surface area contributed by atoms with Crippen molar-refractivity contribution in [3.8, 4) is 6.07 Å². The van der Waals surface area contributed by atoms with Crippen molar-refractivity contribution in [3.05, 3.63) is 59.8 Å². The van der Waals surface area contributed by atoms with Crippen molar-refractivity contribution in [1.29, 1.82) is 5.26 Å². The quantitative estimate of drug-likeness (QED) is 0.146. The van der Waals surface area contributed by atoms with E-state index in [1.165, 1.54) is 11.0 Å². The maximum absolute atomic E-state index is 12.6. The number of aromatic amines is 1. The summed E-state index contributed by atoms with van der Waals surface area (Å²) in [5.41, 5.74) is 2.58. The number of rotatable bonds is 14. The monoisotopic (exact) mass is 559 g/mol. The molecule has 0 spiro atoms. The van der Waals surface area contributed by atoms with Crippen LogP contribution in [-0.2, 0) is 16.0 Å². The highest BCUT2D eigenvalue weighted by molar-refractivity contribution is 5.92. The number of nitrogens with one attached hydrogen (secondary N) is 5. The number of carbonyl (C=O) groups excluding carboxylic acids is 2. The summed E-state index contributed by atoms with van der Waals surface area (Å²) in [7, 11) is 5.43. The van der Waals surface area contributed by atoms with Crippen molar-refractivity contribution in [2.24, 2.45) is 0 Å². The Morgan fingerprint density at radius 2 is 1.78 bits per heavy atom. The van der Waals surface area contributed by atoms with Crippen molar-refractivity contribution >= 4 is 40.9 Å². The van der Waals surface area contributed by atoms with Crippen LogP contribution in [0.2, 0.25) is 0 Å². The number of aryl methyl sites for hydroxylation is 1. The SMILES string of the molecule is Cc1cc(Nc2cc(NCCNC(=O)C(C)N(C)C(=O)/C=C/CN(C)C)nc(Nc3ccc(CC#N)cc3)n2)n[nH]1. The van der Waals surface area contributed by atoms with E-state index in [2.05, 4.69) is 47.5 Å². The smallest absolute Gasteiger partial charge is 0.246 e. The summed E-state index contributed by atoms with van der Waals surface area (Å²) in [6.07, 6.45) is 3.57. The molecule has 3 rings (SSSR count). The Morgan fingerprint density at radius 1 is 1.05 bits per heavy atom. The molecular formula is C28H37N11O2. The van der Waals surface area contributed by atoms with Gasteiger partial charge in [-0.15, -0.1) is 0 Å². The highest BCUT2D eigenvalue weighted by atomic mass is 16.2. The Morgan fingerprint density at radius 3 is 2.44 bits per heavy atom. The van der Waals surface area contributed by atoms with Gasteiger partial charge in [0.25, 0.3) is 0 Å². The zero-order chi connectivity index (χ0) is 29.8. The molecule has 0 saturated carbocycles. The second-order valence-electron chi connectivity index (χ2n) is 9.69. The molecule has 0 aliphatic heterocycles. The van der Waals surface area contributed by atoms with Crippen molar-refractivity contribution in [3.63, 3.8) is 0 Å². The maximum atomic E-state index is 12.6. The van der Waals surface area contributed by atoms with E-state index in [1.54, 1.807) is 26.1 Å². The van der Waals surface area contributed by atoms with Crippen molar-refractivity contribution in [2.75, 3.05) is 56.7 Å². The van der Waals surface area contributed by atoms with Crippen LogP contribution in [0.3, 0.4) is 0 Å². The summed E-state index contributed by atoms with van der Waals surface area (Å²) in [6.45, 7) is 4.93. The topological polar surface area (TPSA) is 167 Å². The number of carbonyl (C=O) groups is 2. The molecule has 2 amide bonds. The van der Waals surface area contributed by atoms with Crippen LogP contribution < -0.4 is 21.3 Å². The van der Waals surface area contributed by atoms with Gasteiger partial charge < -0.3 is 31.1 Å². The molecule has 1 aromatic carbocycles. The lowest BCUT2D eigenvalue weighted by Gasteiger charge is -2.23. The average Bonchev–Trinajstić information content (AvgIpc) is 3.35. The number of likely N-dealkylation sites (N-methyl/N-ethyl adjacent to an activating group) is 2. The average molecular weight is 560 g/mol. The number of anilines is 5. The molecule has 2 heterocycles.